The first-order valence-corrected chi connectivity index (χ1v) is 4.87. The van der Waals surface area contributed by atoms with Crippen LogP contribution in [0.5, 0.6) is 0 Å². The Kier molecular flexibility index (Phi) is 2.44. The predicted molar refractivity (Wildman–Crippen MR) is 54.7 cm³/mol. The minimum Gasteiger partial charge on any atom is -0.288 e. The maximum atomic E-state index is 9.09. The molecule has 14 heavy (non-hydrogen) atoms. The zero-order valence-electron chi connectivity index (χ0n) is 7.21. The molecule has 0 unspecified atom stereocenters. The third kappa shape index (κ3) is 1.74. The largest absolute Gasteiger partial charge is 0.288 e. The molecule has 0 amide bonds. The van der Waals surface area contributed by atoms with E-state index in [4.69, 9.17) is 10.5 Å². The molecule has 1 aliphatic rings. The summed E-state index contributed by atoms with van der Waals surface area (Å²) in [4.78, 5) is 0.969. The van der Waals surface area contributed by atoms with Crippen LogP contribution in [0, 0.1) is 17.2 Å². The normalized spacial score (nSPS) is 15.1. The van der Waals surface area contributed by atoms with Crippen LogP contribution in [-0.4, -0.2) is 10.3 Å². The molecule has 0 bridgehead atoms. The molecule has 1 radical (unpaired) electrons. The number of benzene rings is 1. The van der Waals surface area contributed by atoms with Gasteiger partial charge in [0.05, 0.1) is 11.6 Å². The predicted octanol–water partition coefficient (Wildman–Crippen LogP) is 2.41. The van der Waals surface area contributed by atoms with Gasteiger partial charge in [-0.2, -0.15) is 5.26 Å². The van der Waals surface area contributed by atoms with Crippen molar-refractivity contribution in [3.8, 4) is 6.07 Å². The lowest BCUT2D eigenvalue weighted by molar-refractivity contribution is 0.00517. The summed E-state index contributed by atoms with van der Waals surface area (Å²) in [6.45, 7) is 0. The number of nitriles is 1. The van der Waals surface area contributed by atoms with Gasteiger partial charge in [0, 0.05) is 11.1 Å². The second-order valence-electron chi connectivity index (χ2n) is 2.79. The SMILES string of the molecule is N#Cc1ccc(C2=CN(O)[CH]S2)cc1. The molecule has 1 N–H and O–H groups in total. The lowest BCUT2D eigenvalue weighted by Gasteiger charge is -1.98. The summed E-state index contributed by atoms with van der Waals surface area (Å²) in [6.07, 6.45) is 1.63. The van der Waals surface area contributed by atoms with Gasteiger partial charge >= 0.3 is 0 Å². The third-order valence-electron chi connectivity index (χ3n) is 1.84. The third-order valence-corrected chi connectivity index (χ3v) is 2.75. The van der Waals surface area contributed by atoms with Crippen molar-refractivity contribution >= 4 is 16.7 Å². The molecule has 3 nitrogen and oxygen atoms in total. The van der Waals surface area contributed by atoms with E-state index < -0.39 is 0 Å². The van der Waals surface area contributed by atoms with Gasteiger partial charge in [0.2, 0.25) is 0 Å². The maximum Gasteiger partial charge on any atom is 0.138 e. The van der Waals surface area contributed by atoms with Gasteiger partial charge in [0.25, 0.3) is 0 Å². The average molecular weight is 203 g/mol. The lowest BCUT2D eigenvalue weighted by Crippen LogP contribution is -1.98. The summed E-state index contributed by atoms with van der Waals surface area (Å²) in [5.41, 5.74) is 1.64. The summed E-state index contributed by atoms with van der Waals surface area (Å²) >= 11 is 1.45. The van der Waals surface area contributed by atoms with Crippen LogP contribution in [0.4, 0.5) is 0 Å². The van der Waals surface area contributed by atoms with Crippen LogP contribution in [-0.2, 0) is 0 Å². The van der Waals surface area contributed by atoms with E-state index in [1.165, 1.54) is 11.8 Å². The Labute approximate surface area is 86.2 Å². The van der Waals surface area contributed by atoms with Crippen molar-refractivity contribution in [3.05, 3.63) is 47.5 Å². The molecule has 0 aromatic heterocycles. The smallest absolute Gasteiger partial charge is 0.138 e. The van der Waals surface area contributed by atoms with Crippen molar-refractivity contribution < 1.29 is 5.21 Å². The van der Waals surface area contributed by atoms with E-state index in [2.05, 4.69) is 6.07 Å². The van der Waals surface area contributed by atoms with Crippen molar-refractivity contribution in [2.24, 2.45) is 0 Å². The Morgan fingerprint density at radius 2 is 2.00 bits per heavy atom. The van der Waals surface area contributed by atoms with E-state index in [0.29, 0.717) is 5.56 Å². The van der Waals surface area contributed by atoms with Gasteiger partial charge in [-0.3, -0.25) is 5.21 Å². The highest BCUT2D eigenvalue weighted by molar-refractivity contribution is 8.10. The Bertz CT molecular complexity index is 405. The molecule has 0 aliphatic carbocycles. The lowest BCUT2D eigenvalue weighted by atomic mass is 10.1. The molecule has 0 fully saturated rings. The van der Waals surface area contributed by atoms with Crippen LogP contribution in [0.25, 0.3) is 4.91 Å². The van der Waals surface area contributed by atoms with E-state index in [1.54, 1.807) is 24.2 Å². The van der Waals surface area contributed by atoms with E-state index in [-0.39, 0.29) is 0 Å². The molecule has 1 aromatic rings. The first kappa shape index (κ1) is 9.13. The number of hydrogen-bond donors (Lipinski definition) is 1. The van der Waals surface area contributed by atoms with Gasteiger partial charge in [-0.1, -0.05) is 23.9 Å². The van der Waals surface area contributed by atoms with Gasteiger partial charge in [-0.25, -0.2) is 5.06 Å². The maximum absolute atomic E-state index is 9.09. The standard InChI is InChI=1S/C10H7N2OS/c11-5-8-1-3-9(4-2-8)10-6-12(13)7-14-10/h1-4,6-7,13H. The molecule has 0 atom stereocenters. The number of nitrogens with zero attached hydrogens (tertiary/aromatic N) is 2. The van der Waals surface area contributed by atoms with E-state index in [9.17, 15) is 0 Å². The zero-order chi connectivity index (χ0) is 9.97. The van der Waals surface area contributed by atoms with Crippen molar-refractivity contribution in [2.45, 2.75) is 0 Å². The number of rotatable bonds is 1. The highest BCUT2D eigenvalue weighted by Gasteiger charge is 2.12. The fourth-order valence-corrected chi connectivity index (χ4v) is 1.87. The summed E-state index contributed by atoms with van der Waals surface area (Å²) in [6, 6.07) is 9.31. The molecule has 0 spiro atoms. The molecule has 1 aromatic carbocycles. The van der Waals surface area contributed by atoms with Gasteiger partial charge < -0.3 is 0 Å². The average Bonchev–Trinajstić information content (AvgIpc) is 2.65. The highest BCUT2D eigenvalue weighted by Crippen LogP contribution is 2.35. The number of hydrogen-bond acceptors (Lipinski definition) is 4. The van der Waals surface area contributed by atoms with Crippen molar-refractivity contribution in [1.29, 1.82) is 5.26 Å². The Morgan fingerprint density at radius 1 is 1.29 bits per heavy atom. The van der Waals surface area contributed by atoms with Crippen molar-refractivity contribution in [1.82, 2.24) is 5.06 Å². The molecule has 1 heterocycles. The summed E-state index contributed by atoms with van der Waals surface area (Å²) in [5.74, 6) is 1.60. The summed E-state index contributed by atoms with van der Waals surface area (Å²) < 4.78 is 0. The van der Waals surface area contributed by atoms with Crippen LogP contribution < -0.4 is 0 Å². The molecule has 2 rings (SSSR count). The first-order valence-electron chi connectivity index (χ1n) is 3.99. The molecular formula is C10H7N2OS. The molecule has 1 aliphatic heterocycles. The monoisotopic (exact) mass is 203 g/mol. The zero-order valence-corrected chi connectivity index (χ0v) is 8.03. The van der Waals surface area contributed by atoms with Crippen LogP contribution in [0.15, 0.2) is 30.5 Å². The second kappa shape index (κ2) is 3.74. The van der Waals surface area contributed by atoms with Crippen LogP contribution in [0.3, 0.4) is 0 Å². The molecule has 0 saturated carbocycles. The molecule has 69 valence electrons. The molecular weight excluding hydrogens is 196 g/mol. The van der Waals surface area contributed by atoms with E-state index in [1.807, 2.05) is 12.1 Å². The molecule has 4 heteroatoms. The minimum atomic E-state index is 0.641. The quantitative estimate of drug-likeness (QED) is 0.761. The number of hydroxylamine groups is 2. The highest BCUT2D eigenvalue weighted by atomic mass is 32.2. The Hall–Kier alpha value is -1.44. The number of thioether (sulfide) groups is 1. The summed E-state index contributed by atoms with van der Waals surface area (Å²) in [5, 5.41) is 18.7. The summed E-state index contributed by atoms with van der Waals surface area (Å²) in [7, 11) is 0. The molecule has 0 saturated heterocycles. The van der Waals surface area contributed by atoms with E-state index >= 15 is 0 Å². The Balaban J connectivity index is 2.26. The fraction of sp³-hybridized carbons (Fsp3) is 0. The first-order chi connectivity index (χ1) is 6.79. The van der Waals surface area contributed by atoms with Gasteiger partial charge in [0.1, 0.15) is 5.88 Å². The second-order valence-corrected chi connectivity index (χ2v) is 3.67. The van der Waals surface area contributed by atoms with Crippen LogP contribution >= 0.6 is 11.8 Å². The van der Waals surface area contributed by atoms with Gasteiger partial charge in [-0.15, -0.1) is 0 Å². The van der Waals surface area contributed by atoms with Crippen LogP contribution in [0.2, 0.25) is 0 Å². The van der Waals surface area contributed by atoms with Gasteiger partial charge in [-0.05, 0) is 17.7 Å². The fourth-order valence-electron chi connectivity index (χ4n) is 1.14. The topological polar surface area (TPSA) is 47.3 Å². The van der Waals surface area contributed by atoms with E-state index in [0.717, 1.165) is 15.5 Å². The Morgan fingerprint density at radius 3 is 2.50 bits per heavy atom. The van der Waals surface area contributed by atoms with Crippen molar-refractivity contribution in [2.75, 3.05) is 0 Å². The minimum absolute atomic E-state index is 0.641. The van der Waals surface area contributed by atoms with Gasteiger partial charge in [0.15, 0.2) is 0 Å². The van der Waals surface area contributed by atoms with Crippen molar-refractivity contribution in [3.63, 3.8) is 0 Å². The van der Waals surface area contributed by atoms with Crippen LogP contribution in [0.1, 0.15) is 11.1 Å².